The highest BCUT2D eigenvalue weighted by Crippen LogP contribution is 2.30. The van der Waals surface area contributed by atoms with Crippen LogP contribution in [0.3, 0.4) is 0 Å². The molecule has 2 aliphatic rings. The lowest BCUT2D eigenvalue weighted by Crippen LogP contribution is -2.25. The third-order valence-corrected chi connectivity index (χ3v) is 6.85. The maximum absolute atomic E-state index is 12.0. The Morgan fingerprint density at radius 1 is 0.885 bits per heavy atom. The van der Waals surface area contributed by atoms with Crippen LogP contribution in [0.2, 0.25) is 0 Å². The summed E-state index contributed by atoms with van der Waals surface area (Å²) < 4.78 is 26.6. The standard InChI is InChI=1S/C19H24N4O2S/c24-26(25,17-9-10-17)22-16-7-5-15(6-8-16)18-11-12-19(21-20-18)23-13-3-1-2-4-14-23/h5-8,11-12,17,22H,1-4,9-10,13-14H2. The molecule has 1 saturated heterocycles. The molecule has 0 spiro atoms. The van der Waals surface area contributed by atoms with Crippen LogP contribution in [-0.2, 0) is 10.0 Å². The molecule has 2 heterocycles. The first-order valence-corrected chi connectivity index (χ1v) is 10.9. The zero-order valence-corrected chi connectivity index (χ0v) is 15.6. The van der Waals surface area contributed by atoms with E-state index in [1.807, 2.05) is 24.3 Å². The molecule has 7 heteroatoms. The molecule has 0 unspecified atom stereocenters. The van der Waals surface area contributed by atoms with Crippen molar-refractivity contribution in [1.29, 1.82) is 0 Å². The van der Waals surface area contributed by atoms with Crippen molar-refractivity contribution in [2.45, 2.75) is 43.8 Å². The number of anilines is 2. The van der Waals surface area contributed by atoms with Crippen LogP contribution >= 0.6 is 0 Å². The van der Waals surface area contributed by atoms with E-state index in [0.29, 0.717) is 5.69 Å². The average Bonchev–Trinajstić information content (AvgIpc) is 3.49. The van der Waals surface area contributed by atoms with E-state index >= 15 is 0 Å². The van der Waals surface area contributed by atoms with E-state index in [4.69, 9.17) is 0 Å². The number of hydrogen-bond donors (Lipinski definition) is 1. The molecule has 1 aliphatic carbocycles. The fourth-order valence-electron chi connectivity index (χ4n) is 3.28. The van der Waals surface area contributed by atoms with Crippen molar-refractivity contribution in [3.63, 3.8) is 0 Å². The smallest absolute Gasteiger partial charge is 0.235 e. The Hall–Kier alpha value is -2.15. The Morgan fingerprint density at radius 3 is 2.15 bits per heavy atom. The monoisotopic (exact) mass is 372 g/mol. The minimum Gasteiger partial charge on any atom is -0.355 e. The van der Waals surface area contributed by atoms with Gasteiger partial charge in [-0.25, -0.2) is 8.42 Å². The number of benzene rings is 1. The molecule has 1 aromatic carbocycles. The van der Waals surface area contributed by atoms with Crippen molar-refractivity contribution in [1.82, 2.24) is 10.2 Å². The Kier molecular flexibility index (Phi) is 4.80. The van der Waals surface area contributed by atoms with Gasteiger partial charge in [-0.1, -0.05) is 25.0 Å². The fourth-order valence-corrected chi connectivity index (χ4v) is 4.67. The van der Waals surface area contributed by atoms with E-state index in [1.165, 1.54) is 25.7 Å². The highest BCUT2D eigenvalue weighted by Gasteiger charge is 2.35. The van der Waals surface area contributed by atoms with Gasteiger partial charge < -0.3 is 4.90 Å². The SMILES string of the molecule is O=S(=O)(Nc1ccc(-c2ccc(N3CCCCCC3)nn2)cc1)C1CC1. The first kappa shape index (κ1) is 17.3. The molecule has 1 saturated carbocycles. The van der Waals surface area contributed by atoms with Gasteiger partial charge in [0.15, 0.2) is 5.82 Å². The average molecular weight is 372 g/mol. The lowest BCUT2D eigenvalue weighted by atomic mass is 10.1. The maximum atomic E-state index is 12.0. The van der Waals surface area contributed by atoms with Crippen molar-refractivity contribution in [2.75, 3.05) is 22.7 Å². The third-order valence-electron chi connectivity index (χ3n) is 4.98. The summed E-state index contributed by atoms with van der Waals surface area (Å²) >= 11 is 0. The Balaban J connectivity index is 1.45. The summed E-state index contributed by atoms with van der Waals surface area (Å²) in [6, 6.07) is 11.3. The number of aromatic nitrogens is 2. The molecule has 6 nitrogen and oxygen atoms in total. The van der Waals surface area contributed by atoms with Crippen molar-refractivity contribution in [3.05, 3.63) is 36.4 Å². The molecule has 0 atom stereocenters. The van der Waals surface area contributed by atoms with Gasteiger partial charge in [0.2, 0.25) is 10.0 Å². The maximum Gasteiger partial charge on any atom is 0.235 e. The highest BCUT2D eigenvalue weighted by molar-refractivity contribution is 7.93. The van der Waals surface area contributed by atoms with E-state index < -0.39 is 10.0 Å². The molecule has 1 N–H and O–H groups in total. The van der Waals surface area contributed by atoms with Crippen molar-refractivity contribution in [2.24, 2.45) is 0 Å². The van der Waals surface area contributed by atoms with Crippen LogP contribution in [0.4, 0.5) is 11.5 Å². The number of rotatable bonds is 5. The normalized spacial score (nSPS) is 18.4. The minimum atomic E-state index is -3.22. The van der Waals surface area contributed by atoms with Gasteiger partial charge in [0.05, 0.1) is 10.9 Å². The molecule has 1 aromatic heterocycles. The predicted octanol–water partition coefficient (Wildman–Crippen LogP) is 3.43. The van der Waals surface area contributed by atoms with Crippen LogP contribution in [0.15, 0.2) is 36.4 Å². The van der Waals surface area contributed by atoms with E-state index in [1.54, 1.807) is 12.1 Å². The number of nitrogens with one attached hydrogen (secondary N) is 1. The second-order valence-corrected chi connectivity index (χ2v) is 9.06. The first-order chi connectivity index (χ1) is 12.6. The second-order valence-electron chi connectivity index (χ2n) is 7.10. The summed E-state index contributed by atoms with van der Waals surface area (Å²) in [4.78, 5) is 2.31. The van der Waals surface area contributed by atoms with Crippen LogP contribution in [0.1, 0.15) is 38.5 Å². The molecule has 0 radical (unpaired) electrons. The molecular formula is C19H24N4O2S. The van der Waals surface area contributed by atoms with Gasteiger partial charge >= 0.3 is 0 Å². The van der Waals surface area contributed by atoms with E-state index in [0.717, 1.165) is 43.0 Å². The molecular weight excluding hydrogens is 348 g/mol. The zero-order chi connectivity index (χ0) is 18.0. The van der Waals surface area contributed by atoms with Gasteiger partial charge in [0, 0.05) is 24.3 Å². The van der Waals surface area contributed by atoms with Crippen molar-refractivity contribution >= 4 is 21.5 Å². The Labute approximate surface area is 154 Å². The van der Waals surface area contributed by atoms with E-state index in [-0.39, 0.29) is 5.25 Å². The first-order valence-electron chi connectivity index (χ1n) is 9.32. The van der Waals surface area contributed by atoms with Crippen molar-refractivity contribution in [3.8, 4) is 11.3 Å². The summed E-state index contributed by atoms with van der Waals surface area (Å²) in [5.41, 5.74) is 2.31. The fraction of sp³-hybridized carbons (Fsp3) is 0.474. The number of nitrogens with zero attached hydrogens (tertiary/aromatic N) is 3. The highest BCUT2D eigenvalue weighted by atomic mass is 32.2. The minimum absolute atomic E-state index is 0.223. The van der Waals surface area contributed by atoms with E-state index in [2.05, 4.69) is 19.8 Å². The summed E-state index contributed by atoms with van der Waals surface area (Å²) in [5, 5.41) is 8.54. The summed E-state index contributed by atoms with van der Waals surface area (Å²) in [5.74, 6) is 0.935. The Morgan fingerprint density at radius 2 is 1.58 bits per heavy atom. The van der Waals surface area contributed by atoms with Gasteiger partial charge in [0.1, 0.15) is 0 Å². The van der Waals surface area contributed by atoms with Gasteiger partial charge in [-0.05, 0) is 49.9 Å². The molecule has 1 aliphatic heterocycles. The Bertz CT molecular complexity index is 838. The summed E-state index contributed by atoms with van der Waals surface area (Å²) in [6.45, 7) is 2.09. The molecule has 2 fully saturated rings. The number of sulfonamides is 1. The molecule has 4 rings (SSSR count). The lowest BCUT2D eigenvalue weighted by molar-refractivity contribution is 0.600. The van der Waals surface area contributed by atoms with Crippen LogP contribution in [0, 0.1) is 0 Å². The predicted molar refractivity (Wildman–Crippen MR) is 104 cm³/mol. The third kappa shape index (κ3) is 3.98. The zero-order valence-electron chi connectivity index (χ0n) is 14.8. The van der Waals surface area contributed by atoms with Gasteiger partial charge in [-0.3, -0.25) is 4.72 Å². The summed E-state index contributed by atoms with van der Waals surface area (Å²) in [6.07, 6.45) is 6.51. The largest absolute Gasteiger partial charge is 0.355 e. The van der Waals surface area contributed by atoms with Crippen LogP contribution in [-0.4, -0.2) is 37.0 Å². The van der Waals surface area contributed by atoms with Crippen LogP contribution in [0.5, 0.6) is 0 Å². The van der Waals surface area contributed by atoms with Crippen molar-refractivity contribution < 1.29 is 8.42 Å². The molecule has 0 bridgehead atoms. The van der Waals surface area contributed by atoms with E-state index in [9.17, 15) is 8.42 Å². The van der Waals surface area contributed by atoms with Gasteiger partial charge in [-0.15, -0.1) is 10.2 Å². The number of hydrogen-bond acceptors (Lipinski definition) is 5. The summed E-state index contributed by atoms with van der Waals surface area (Å²) in [7, 11) is -3.22. The molecule has 138 valence electrons. The van der Waals surface area contributed by atoms with Crippen LogP contribution in [0.25, 0.3) is 11.3 Å². The molecule has 26 heavy (non-hydrogen) atoms. The van der Waals surface area contributed by atoms with Gasteiger partial charge in [0.25, 0.3) is 0 Å². The lowest BCUT2D eigenvalue weighted by Gasteiger charge is -2.20. The second kappa shape index (κ2) is 7.23. The quantitative estimate of drug-likeness (QED) is 0.870. The molecule has 2 aromatic rings. The topological polar surface area (TPSA) is 75.2 Å². The molecule has 0 amide bonds. The van der Waals surface area contributed by atoms with Gasteiger partial charge in [-0.2, -0.15) is 0 Å². The van der Waals surface area contributed by atoms with Crippen LogP contribution < -0.4 is 9.62 Å².